The first-order valence-corrected chi connectivity index (χ1v) is 12.5. The van der Waals surface area contributed by atoms with Gasteiger partial charge in [-0.15, -0.1) is 10.2 Å². The Balaban J connectivity index is 1.47. The van der Waals surface area contributed by atoms with E-state index in [0.29, 0.717) is 11.5 Å². The lowest BCUT2D eigenvalue weighted by Gasteiger charge is -2.20. The van der Waals surface area contributed by atoms with Crippen LogP contribution in [0.4, 0.5) is 28.9 Å². The zero-order valence-electron chi connectivity index (χ0n) is 21.8. The van der Waals surface area contributed by atoms with Crippen LogP contribution >= 0.6 is 0 Å². The number of phenols is 1. The molecule has 0 saturated heterocycles. The lowest BCUT2D eigenvalue weighted by molar-refractivity contribution is -0.0886. The van der Waals surface area contributed by atoms with Crippen LogP contribution < -0.4 is 9.47 Å². The van der Waals surface area contributed by atoms with Crippen molar-refractivity contribution in [3.8, 4) is 39.9 Å². The van der Waals surface area contributed by atoms with Gasteiger partial charge in [0.05, 0.1) is 22.5 Å². The molecule has 3 N–H and O–H groups in total. The van der Waals surface area contributed by atoms with E-state index >= 15 is 0 Å². The molecule has 0 bridgehead atoms. The number of aromatic hydroxyl groups is 2. The third-order valence-electron chi connectivity index (χ3n) is 7.01. The maximum absolute atomic E-state index is 13.9. The van der Waals surface area contributed by atoms with Gasteiger partial charge in [0.15, 0.2) is 22.9 Å². The first-order valence-electron chi connectivity index (χ1n) is 12.5. The number of phenolic OH excluding ortho intramolecular Hbond substituents is 1. The molecule has 0 radical (unpaired) electrons. The molecule has 0 spiro atoms. The van der Waals surface area contributed by atoms with E-state index < -0.39 is 40.7 Å². The second kappa shape index (κ2) is 10.0. The highest BCUT2D eigenvalue weighted by atomic mass is 19.4. The molecule has 13 heteroatoms. The van der Waals surface area contributed by atoms with Crippen LogP contribution in [0.25, 0.3) is 22.9 Å². The number of fused-ring (bicyclic) bond motifs is 2. The van der Waals surface area contributed by atoms with Crippen LogP contribution in [0.1, 0.15) is 21.6 Å². The molecule has 218 valence electrons. The number of rotatable bonds is 5. The number of carbonyl (C=O) groups is 1. The smallest absolute Gasteiger partial charge is 0.416 e. The van der Waals surface area contributed by atoms with Gasteiger partial charge in [-0.05, 0) is 47.5 Å². The van der Waals surface area contributed by atoms with E-state index in [-0.39, 0.29) is 58.2 Å². The molecule has 3 aromatic carbocycles. The van der Waals surface area contributed by atoms with Crippen molar-refractivity contribution in [2.45, 2.75) is 12.6 Å². The maximum Gasteiger partial charge on any atom is 0.416 e. The molecule has 1 aromatic heterocycles. The molecule has 4 aromatic rings. The van der Waals surface area contributed by atoms with E-state index in [1.165, 1.54) is 41.0 Å². The van der Waals surface area contributed by atoms with Crippen LogP contribution in [-0.2, 0) is 6.42 Å². The first-order chi connectivity index (χ1) is 20.4. The Morgan fingerprint density at radius 3 is 2.51 bits per heavy atom. The van der Waals surface area contributed by atoms with E-state index in [9.17, 15) is 37.7 Å². The highest BCUT2D eigenvalue weighted by Gasteiger charge is 2.39. The Kier molecular flexibility index (Phi) is 6.44. The predicted octanol–water partition coefficient (Wildman–Crippen LogP) is 7.59. The Bertz CT molecular complexity index is 1910. The number of carboxylic acid groups (broad SMARTS) is 1. The number of allylic oxidation sites excluding steroid dienone is 2. The van der Waals surface area contributed by atoms with Gasteiger partial charge >= 0.3 is 12.1 Å². The van der Waals surface area contributed by atoms with Gasteiger partial charge < -0.3 is 24.8 Å². The topological polar surface area (TPSA) is 126 Å². The number of para-hydroxylation sites is 1. The number of halogens is 4. The lowest BCUT2D eigenvalue weighted by Crippen LogP contribution is -2.18. The molecule has 2 heterocycles. The molecule has 0 amide bonds. The highest BCUT2D eigenvalue weighted by Crippen LogP contribution is 2.49. The number of ether oxygens (including phenoxy) is 2. The van der Waals surface area contributed by atoms with Gasteiger partial charge in [-0.3, -0.25) is 4.57 Å². The minimum Gasteiger partial charge on any atom is -0.505 e. The molecule has 0 unspecified atom stereocenters. The van der Waals surface area contributed by atoms with Crippen molar-refractivity contribution < 1.29 is 47.1 Å². The summed E-state index contributed by atoms with van der Waals surface area (Å²) in [5, 5.41) is 39.7. The summed E-state index contributed by atoms with van der Waals surface area (Å²) in [6, 6.07) is 12.2. The normalized spacial score (nSPS) is 14.2. The summed E-state index contributed by atoms with van der Waals surface area (Å²) in [5.41, 5.74) is -1.31. The van der Waals surface area contributed by atoms with E-state index in [1.807, 2.05) is 0 Å². The van der Waals surface area contributed by atoms with Crippen molar-refractivity contribution in [1.29, 1.82) is 0 Å². The van der Waals surface area contributed by atoms with Crippen LogP contribution in [-0.4, -0.2) is 38.8 Å². The number of hydrogen-bond donors (Lipinski definition) is 3. The monoisotopic (exact) mass is 593 g/mol. The van der Waals surface area contributed by atoms with Crippen molar-refractivity contribution >= 4 is 23.4 Å². The number of azo groups is 1. The molecular formula is C30H19F4N3O6. The molecule has 1 aliphatic heterocycles. The van der Waals surface area contributed by atoms with Gasteiger partial charge in [0, 0.05) is 23.6 Å². The largest absolute Gasteiger partial charge is 0.505 e. The molecule has 2 aliphatic rings. The standard InChI is InChI=1S/C30H19F4N3O6/c1-14-9-19-23(12-20(14)30(32,33)34)37(16-6-8-24-25(11-16)43-13-42-24)28(39)26(19)36-35-22-4-2-3-17(27(22)38)15-5-7-21(31)18(10-15)29(40)41/h2-8,10-12,38-39H,1,9,13H2,(H,40,41). The number of benzene rings is 3. The Hall–Kier alpha value is -5.59. The Labute approximate surface area is 239 Å². The zero-order chi connectivity index (χ0) is 30.6. The number of carboxylic acids is 1. The Morgan fingerprint density at radius 2 is 1.77 bits per heavy atom. The first kappa shape index (κ1) is 27.6. The summed E-state index contributed by atoms with van der Waals surface area (Å²) in [7, 11) is 0. The van der Waals surface area contributed by atoms with Crippen molar-refractivity contribution in [2.24, 2.45) is 10.2 Å². The fourth-order valence-corrected chi connectivity index (χ4v) is 4.96. The number of hydrogen-bond acceptors (Lipinski definition) is 7. The van der Waals surface area contributed by atoms with Crippen LogP contribution in [0.3, 0.4) is 0 Å². The summed E-state index contributed by atoms with van der Waals surface area (Å²) in [6.45, 7) is 3.53. The van der Waals surface area contributed by atoms with E-state index in [0.717, 1.165) is 18.2 Å². The van der Waals surface area contributed by atoms with E-state index in [1.54, 1.807) is 6.07 Å². The van der Waals surface area contributed by atoms with Crippen molar-refractivity contribution in [3.63, 3.8) is 0 Å². The van der Waals surface area contributed by atoms with Gasteiger partial charge in [-0.1, -0.05) is 24.8 Å². The Morgan fingerprint density at radius 1 is 1.00 bits per heavy atom. The number of aromatic nitrogens is 1. The number of nitrogens with zero attached hydrogens (tertiary/aromatic N) is 3. The van der Waals surface area contributed by atoms with Gasteiger partial charge in [0.2, 0.25) is 12.7 Å². The lowest BCUT2D eigenvalue weighted by atomic mass is 9.92. The molecule has 0 fully saturated rings. The third kappa shape index (κ3) is 4.74. The summed E-state index contributed by atoms with van der Waals surface area (Å²) in [6.07, 6.45) is -4.14. The number of alkyl halides is 3. The van der Waals surface area contributed by atoms with E-state index in [2.05, 4.69) is 16.8 Å². The fraction of sp³-hybridized carbons (Fsp3) is 0.100. The molecule has 6 rings (SSSR count). The van der Waals surface area contributed by atoms with Crippen LogP contribution in [0.2, 0.25) is 0 Å². The molecular weight excluding hydrogens is 574 g/mol. The summed E-state index contributed by atoms with van der Waals surface area (Å²) in [5.74, 6) is -2.65. The second-order valence-corrected chi connectivity index (χ2v) is 9.62. The minimum atomic E-state index is -4.71. The molecule has 43 heavy (non-hydrogen) atoms. The predicted molar refractivity (Wildman–Crippen MR) is 145 cm³/mol. The average molecular weight is 593 g/mol. The average Bonchev–Trinajstić information content (AvgIpc) is 3.52. The SMILES string of the molecule is C=C1Cc2c(N=Nc3cccc(-c4ccc(F)c(C(=O)O)c4)c3O)c(O)n(-c3ccc4c(c3)OCO4)c2C=C1C(F)(F)F. The minimum absolute atomic E-state index is 0.00414. The fourth-order valence-electron chi connectivity index (χ4n) is 4.96. The third-order valence-corrected chi connectivity index (χ3v) is 7.01. The van der Waals surface area contributed by atoms with Crippen LogP contribution in [0.15, 0.2) is 82.6 Å². The second-order valence-electron chi connectivity index (χ2n) is 9.62. The quantitative estimate of drug-likeness (QED) is 0.162. The maximum atomic E-state index is 13.9. The van der Waals surface area contributed by atoms with Gasteiger partial charge in [0.25, 0.3) is 0 Å². The van der Waals surface area contributed by atoms with Gasteiger partial charge in [-0.2, -0.15) is 13.2 Å². The van der Waals surface area contributed by atoms with Crippen molar-refractivity contribution in [3.05, 3.63) is 95.0 Å². The summed E-state index contributed by atoms with van der Waals surface area (Å²) in [4.78, 5) is 11.4. The zero-order valence-corrected chi connectivity index (χ0v) is 21.8. The van der Waals surface area contributed by atoms with Crippen molar-refractivity contribution in [2.75, 3.05) is 6.79 Å². The summed E-state index contributed by atoms with van der Waals surface area (Å²) < 4.78 is 67.3. The van der Waals surface area contributed by atoms with Gasteiger partial charge in [-0.25, -0.2) is 9.18 Å². The number of aromatic carboxylic acids is 1. The van der Waals surface area contributed by atoms with Crippen LogP contribution in [0.5, 0.6) is 23.1 Å². The van der Waals surface area contributed by atoms with Crippen molar-refractivity contribution in [1.82, 2.24) is 4.57 Å². The van der Waals surface area contributed by atoms with Gasteiger partial charge in [0.1, 0.15) is 11.5 Å². The molecule has 0 saturated carbocycles. The highest BCUT2D eigenvalue weighted by molar-refractivity contribution is 5.90. The summed E-state index contributed by atoms with van der Waals surface area (Å²) >= 11 is 0. The molecule has 0 atom stereocenters. The molecule has 9 nitrogen and oxygen atoms in total. The molecule has 1 aliphatic carbocycles. The van der Waals surface area contributed by atoms with E-state index in [4.69, 9.17) is 9.47 Å². The van der Waals surface area contributed by atoms with Crippen LogP contribution in [0, 0.1) is 5.82 Å².